The molecule has 0 fully saturated rings. The normalized spacial score (nSPS) is 10.9. The van der Waals surface area contributed by atoms with Gasteiger partial charge in [0.2, 0.25) is 11.9 Å². The summed E-state index contributed by atoms with van der Waals surface area (Å²) in [6.45, 7) is 7.95. The lowest BCUT2D eigenvalue weighted by Gasteiger charge is -2.17. The van der Waals surface area contributed by atoms with Gasteiger partial charge in [0.05, 0.1) is 0 Å². The molecule has 2 rings (SSSR count). The van der Waals surface area contributed by atoms with E-state index in [0.29, 0.717) is 11.9 Å². The zero-order valence-electron chi connectivity index (χ0n) is 11.7. The number of likely N-dealkylation sites (N-methyl/N-ethyl adjacent to an activating group) is 1. The summed E-state index contributed by atoms with van der Waals surface area (Å²) in [5.41, 5.74) is 5.68. The molecule has 9 heteroatoms. The molecule has 3 N–H and O–H groups in total. The van der Waals surface area contributed by atoms with Crippen molar-refractivity contribution in [1.82, 2.24) is 34.6 Å². The Morgan fingerprint density at radius 2 is 2.05 bits per heavy atom. The van der Waals surface area contributed by atoms with Crippen LogP contribution in [0.5, 0.6) is 0 Å². The fourth-order valence-electron chi connectivity index (χ4n) is 1.74. The van der Waals surface area contributed by atoms with Crippen LogP contribution < -0.4 is 11.1 Å². The maximum Gasteiger partial charge on any atom is 0.258 e. The van der Waals surface area contributed by atoms with Gasteiger partial charge in [0.1, 0.15) is 12.7 Å². The van der Waals surface area contributed by atoms with Crippen molar-refractivity contribution in [2.45, 2.75) is 13.8 Å². The average Bonchev–Trinajstić information content (AvgIpc) is 2.97. The van der Waals surface area contributed by atoms with Gasteiger partial charge in [-0.2, -0.15) is 24.7 Å². The number of hydrogen-bond donors (Lipinski definition) is 2. The Labute approximate surface area is 117 Å². The van der Waals surface area contributed by atoms with E-state index in [9.17, 15) is 0 Å². The van der Waals surface area contributed by atoms with Crippen LogP contribution in [0.3, 0.4) is 0 Å². The zero-order chi connectivity index (χ0) is 14.4. The summed E-state index contributed by atoms with van der Waals surface area (Å²) < 4.78 is 1.44. The Hall–Kier alpha value is -2.29. The van der Waals surface area contributed by atoms with Gasteiger partial charge in [-0.25, -0.2) is 4.98 Å². The lowest BCUT2D eigenvalue weighted by molar-refractivity contribution is 0.316. The molecule has 2 aromatic rings. The lowest BCUT2D eigenvalue weighted by Crippen LogP contribution is -2.29. The van der Waals surface area contributed by atoms with Gasteiger partial charge < -0.3 is 16.0 Å². The molecule has 0 aromatic carbocycles. The highest BCUT2D eigenvalue weighted by Crippen LogP contribution is 2.05. The number of aromatic nitrogens is 6. The summed E-state index contributed by atoms with van der Waals surface area (Å²) >= 11 is 0. The molecule has 0 aliphatic rings. The van der Waals surface area contributed by atoms with Crippen LogP contribution in [0.25, 0.3) is 5.95 Å². The molecule has 0 spiro atoms. The Kier molecular flexibility index (Phi) is 4.77. The molecule has 2 aromatic heterocycles. The topological polar surface area (TPSA) is 111 Å². The number of nitrogen functional groups attached to an aromatic ring is 1. The van der Waals surface area contributed by atoms with Crippen LogP contribution in [0.15, 0.2) is 12.7 Å². The second kappa shape index (κ2) is 6.75. The molecule has 2 heterocycles. The van der Waals surface area contributed by atoms with Crippen LogP contribution in [-0.4, -0.2) is 60.8 Å². The molecule has 9 nitrogen and oxygen atoms in total. The highest BCUT2D eigenvalue weighted by molar-refractivity contribution is 5.34. The summed E-state index contributed by atoms with van der Waals surface area (Å²) in [6.07, 6.45) is 2.92. The van der Waals surface area contributed by atoms with Gasteiger partial charge in [0.25, 0.3) is 5.95 Å². The minimum atomic E-state index is 0.149. The highest BCUT2D eigenvalue weighted by atomic mass is 15.4. The quantitative estimate of drug-likeness (QED) is 0.715. The second-order valence-electron chi connectivity index (χ2n) is 4.11. The molecule has 0 saturated heterocycles. The molecule has 0 amide bonds. The first-order valence-corrected chi connectivity index (χ1v) is 6.55. The number of rotatable bonds is 7. The van der Waals surface area contributed by atoms with Crippen molar-refractivity contribution in [2.24, 2.45) is 0 Å². The molecule has 0 atom stereocenters. The monoisotopic (exact) mass is 277 g/mol. The Morgan fingerprint density at radius 1 is 1.25 bits per heavy atom. The molecule has 0 saturated carbocycles. The molecule has 20 heavy (non-hydrogen) atoms. The smallest absolute Gasteiger partial charge is 0.258 e. The molecular formula is C11H19N9. The van der Waals surface area contributed by atoms with E-state index in [1.807, 2.05) is 0 Å². The van der Waals surface area contributed by atoms with Crippen LogP contribution in [0.4, 0.5) is 11.9 Å². The first kappa shape index (κ1) is 14.1. The molecule has 0 aliphatic heterocycles. The van der Waals surface area contributed by atoms with Crippen molar-refractivity contribution in [3.63, 3.8) is 0 Å². The van der Waals surface area contributed by atoms with Crippen molar-refractivity contribution >= 4 is 11.9 Å². The molecule has 0 aliphatic carbocycles. The van der Waals surface area contributed by atoms with Gasteiger partial charge >= 0.3 is 0 Å². The van der Waals surface area contributed by atoms with Gasteiger partial charge in [0.15, 0.2) is 0 Å². The highest BCUT2D eigenvalue weighted by Gasteiger charge is 2.07. The fourth-order valence-corrected chi connectivity index (χ4v) is 1.74. The number of hydrogen-bond acceptors (Lipinski definition) is 8. The summed E-state index contributed by atoms with van der Waals surface area (Å²) in [4.78, 5) is 18.5. The van der Waals surface area contributed by atoms with Gasteiger partial charge in [-0.05, 0) is 13.1 Å². The van der Waals surface area contributed by atoms with E-state index < -0.39 is 0 Å². The summed E-state index contributed by atoms with van der Waals surface area (Å²) in [5.74, 6) is 0.936. The molecule has 0 unspecified atom stereocenters. The molecular weight excluding hydrogens is 258 g/mol. The number of anilines is 2. The van der Waals surface area contributed by atoms with Crippen molar-refractivity contribution in [1.29, 1.82) is 0 Å². The van der Waals surface area contributed by atoms with E-state index in [-0.39, 0.29) is 5.95 Å². The van der Waals surface area contributed by atoms with E-state index in [1.54, 1.807) is 0 Å². The van der Waals surface area contributed by atoms with Crippen LogP contribution in [0.2, 0.25) is 0 Å². The standard InChI is InChI=1S/C11H19N9/c1-3-19(4-2)6-5-14-10-16-9(12)17-11(18-10)20-8-13-7-15-20/h7-8H,3-6H2,1-2H3,(H3,12,14,16,17,18). The third kappa shape index (κ3) is 3.60. The van der Waals surface area contributed by atoms with E-state index in [4.69, 9.17) is 5.73 Å². The number of nitrogens with zero attached hydrogens (tertiary/aromatic N) is 7. The third-order valence-corrected chi connectivity index (χ3v) is 2.87. The van der Waals surface area contributed by atoms with Gasteiger partial charge in [0, 0.05) is 13.1 Å². The van der Waals surface area contributed by atoms with Gasteiger partial charge in [-0.1, -0.05) is 13.8 Å². The maximum absolute atomic E-state index is 5.68. The first-order chi connectivity index (χ1) is 9.72. The number of nitrogens with one attached hydrogen (secondary N) is 1. The van der Waals surface area contributed by atoms with Crippen molar-refractivity contribution < 1.29 is 0 Å². The average molecular weight is 277 g/mol. The molecule has 108 valence electrons. The third-order valence-electron chi connectivity index (χ3n) is 2.87. The number of nitrogens with two attached hydrogens (primary N) is 1. The minimum absolute atomic E-state index is 0.149. The van der Waals surface area contributed by atoms with E-state index in [2.05, 4.69) is 49.1 Å². The fraction of sp³-hybridized carbons (Fsp3) is 0.545. The predicted octanol–water partition coefficient (Wildman–Crippen LogP) is -0.212. The lowest BCUT2D eigenvalue weighted by atomic mass is 10.4. The van der Waals surface area contributed by atoms with Crippen molar-refractivity contribution in [3.05, 3.63) is 12.7 Å². The second-order valence-corrected chi connectivity index (χ2v) is 4.11. The van der Waals surface area contributed by atoms with Crippen LogP contribution >= 0.6 is 0 Å². The van der Waals surface area contributed by atoms with Crippen LogP contribution in [0.1, 0.15) is 13.8 Å². The Balaban J connectivity index is 2.02. The van der Waals surface area contributed by atoms with Crippen molar-refractivity contribution in [3.8, 4) is 5.95 Å². The SMILES string of the molecule is CCN(CC)CCNc1nc(N)nc(-n2cncn2)n1. The maximum atomic E-state index is 5.68. The predicted molar refractivity (Wildman–Crippen MR) is 75.4 cm³/mol. The van der Waals surface area contributed by atoms with Gasteiger partial charge in [-0.15, -0.1) is 0 Å². The molecule has 0 bridgehead atoms. The van der Waals surface area contributed by atoms with E-state index >= 15 is 0 Å². The Bertz CT molecular complexity index is 521. The van der Waals surface area contributed by atoms with Crippen LogP contribution in [-0.2, 0) is 0 Å². The molecule has 0 radical (unpaired) electrons. The summed E-state index contributed by atoms with van der Waals surface area (Å²) in [5, 5.41) is 7.11. The Morgan fingerprint density at radius 3 is 2.70 bits per heavy atom. The first-order valence-electron chi connectivity index (χ1n) is 6.55. The van der Waals surface area contributed by atoms with Crippen LogP contribution in [0, 0.1) is 0 Å². The van der Waals surface area contributed by atoms with E-state index in [1.165, 1.54) is 17.3 Å². The zero-order valence-corrected chi connectivity index (χ0v) is 11.7. The van der Waals surface area contributed by atoms with Gasteiger partial charge in [-0.3, -0.25) is 0 Å². The largest absolute Gasteiger partial charge is 0.368 e. The van der Waals surface area contributed by atoms with E-state index in [0.717, 1.165) is 26.2 Å². The minimum Gasteiger partial charge on any atom is -0.368 e. The summed E-state index contributed by atoms with van der Waals surface area (Å²) in [6, 6.07) is 0. The summed E-state index contributed by atoms with van der Waals surface area (Å²) in [7, 11) is 0. The van der Waals surface area contributed by atoms with Crippen molar-refractivity contribution in [2.75, 3.05) is 37.2 Å².